The zero-order chi connectivity index (χ0) is 7.11. The van der Waals surface area contributed by atoms with E-state index in [9.17, 15) is 0 Å². The summed E-state index contributed by atoms with van der Waals surface area (Å²) in [7, 11) is 0. The second-order valence-electron chi connectivity index (χ2n) is 1.17. The van der Waals surface area contributed by atoms with Crippen molar-refractivity contribution in [2.45, 2.75) is 6.92 Å². The van der Waals surface area contributed by atoms with E-state index in [-0.39, 0.29) is 12.6 Å². The Morgan fingerprint density at radius 1 is 1.67 bits per heavy atom. The number of nitrogens with zero attached hydrogens (tertiary/aromatic N) is 3. The van der Waals surface area contributed by atoms with Crippen molar-refractivity contribution < 1.29 is 4.84 Å². The van der Waals surface area contributed by atoms with E-state index in [0.29, 0.717) is 0 Å². The van der Waals surface area contributed by atoms with Crippen LogP contribution in [0.15, 0.2) is 5.16 Å². The summed E-state index contributed by atoms with van der Waals surface area (Å²) in [5.74, 6) is 0.207. The Morgan fingerprint density at radius 3 is 2.78 bits per heavy atom. The highest BCUT2D eigenvalue weighted by molar-refractivity contribution is 5.88. The monoisotopic (exact) mass is 123 g/mol. The molecule has 0 saturated carbocycles. The van der Waals surface area contributed by atoms with Crippen LogP contribution in [0.4, 0.5) is 0 Å². The normalized spacial score (nSPS) is 9.44. The summed E-state index contributed by atoms with van der Waals surface area (Å²) in [4.78, 5) is 10.1. The van der Waals surface area contributed by atoms with Crippen LogP contribution in [0.25, 0.3) is 9.69 Å². The Morgan fingerprint density at radius 2 is 2.33 bits per heavy atom. The molecular weight excluding hydrogens is 118 g/mol. The molecule has 0 unspecified atom stereocenters. The molecule has 0 aromatic heterocycles. The third-order valence-electron chi connectivity index (χ3n) is 0.481. The summed E-state index contributed by atoms with van der Waals surface area (Å²) in [5, 5.41) is 3.28. The lowest BCUT2D eigenvalue weighted by Crippen LogP contribution is -1.84. The average molecular weight is 123 g/mol. The largest absolute Gasteiger partial charge is 0.398 e. The molecule has 0 bridgehead atoms. The van der Waals surface area contributed by atoms with Gasteiger partial charge in [-0.2, -0.15) is 0 Å². The molecule has 0 saturated heterocycles. The van der Waals surface area contributed by atoms with Crippen LogP contribution in [0.5, 0.6) is 0 Å². The van der Waals surface area contributed by atoms with E-state index in [1.165, 1.54) is 6.92 Å². The molecule has 0 aromatic carbocycles. The maximum atomic E-state index is 6.38. The van der Waals surface area contributed by atoms with Crippen molar-refractivity contribution in [3.8, 4) is 0 Å². The van der Waals surface area contributed by atoms with Crippen molar-refractivity contribution >= 4 is 5.84 Å². The van der Waals surface area contributed by atoms with E-state index < -0.39 is 0 Å². The predicted octanol–water partition coefficient (Wildman–Crippen LogP) is 1.13. The molecule has 4 heteroatoms. The summed E-state index contributed by atoms with van der Waals surface area (Å²) < 4.78 is 0. The van der Waals surface area contributed by atoms with Crippen molar-refractivity contribution in [3.63, 3.8) is 0 Å². The fraction of sp³-hybridized carbons (Fsp3) is 0.400. The highest BCUT2D eigenvalue weighted by atomic mass is 16.6. The molecule has 0 fully saturated rings. The van der Waals surface area contributed by atoms with Gasteiger partial charge in [-0.15, -0.1) is 0 Å². The van der Waals surface area contributed by atoms with Crippen molar-refractivity contribution in [1.82, 2.24) is 0 Å². The van der Waals surface area contributed by atoms with Crippen LogP contribution in [-0.4, -0.2) is 12.6 Å². The molecule has 0 N–H and O–H groups in total. The van der Waals surface area contributed by atoms with Gasteiger partial charge in [0.15, 0.2) is 0 Å². The molecule has 0 aliphatic rings. The molecule has 46 valence electrons. The highest BCUT2D eigenvalue weighted by Gasteiger charge is 1.88. The Hall–Kier alpha value is -1.55. The Balaban J connectivity index is 3.50. The maximum absolute atomic E-state index is 6.38. The first-order valence-electron chi connectivity index (χ1n) is 2.18. The van der Waals surface area contributed by atoms with E-state index in [2.05, 4.69) is 19.7 Å². The highest BCUT2D eigenvalue weighted by Crippen LogP contribution is 1.81. The minimum Gasteiger partial charge on any atom is -0.361 e. The molecule has 0 rings (SSSR count). The molecule has 0 spiro atoms. The van der Waals surface area contributed by atoms with Gasteiger partial charge < -0.3 is 4.85 Å². The van der Waals surface area contributed by atoms with E-state index in [1.807, 2.05) is 0 Å². The summed E-state index contributed by atoms with van der Waals surface area (Å²) in [6.45, 7) is 14.0. The second kappa shape index (κ2) is 4.61. The van der Waals surface area contributed by atoms with Gasteiger partial charge in [-0.25, -0.2) is 11.4 Å². The van der Waals surface area contributed by atoms with Gasteiger partial charge in [-0.3, -0.25) is 4.85 Å². The molecule has 9 heavy (non-hydrogen) atoms. The topological polar surface area (TPSA) is 30.3 Å². The minimum atomic E-state index is -0.118. The van der Waals surface area contributed by atoms with Crippen LogP contribution in [0.1, 0.15) is 6.92 Å². The van der Waals surface area contributed by atoms with E-state index in [1.54, 1.807) is 0 Å². The maximum Gasteiger partial charge on any atom is 0.398 e. The summed E-state index contributed by atoms with van der Waals surface area (Å²) in [5.41, 5.74) is 0. The van der Waals surface area contributed by atoms with Gasteiger partial charge in [0, 0.05) is 0 Å². The SMILES string of the molecule is [C-]#[N+]CON=C(C)[N+]#[C-]. The van der Waals surface area contributed by atoms with Crippen LogP contribution in [0, 0.1) is 13.1 Å². The standard InChI is InChI=1S/C5H5N3O/c1-5(7-3)8-9-4-6-2/h4H2,1H3. The fourth-order valence-corrected chi connectivity index (χ4v) is 0.172. The first-order chi connectivity index (χ1) is 4.31. The van der Waals surface area contributed by atoms with Gasteiger partial charge in [0.1, 0.15) is 0 Å². The van der Waals surface area contributed by atoms with Crippen LogP contribution in [0.2, 0.25) is 0 Å². The Bertz CT molecular complexity index is 183. The van der Waals surface area contributed by atoms with Crippen molar-refractivity contribution in [1.29, 1.82) is 0 Å². The fourth-order valence-electron chi connectivity index (χ4n) is 0.172. The summed E-state index contributed by atoms with van der Waals surface area (Å²) in [6, 6.07) is 0. The molecular formula is C5H5N3O. The molecule has 0 aliphatic heterocycles. The second-order valence-corrected chi connectivity index (χ2v) is 1.17. The number of amidine groups is 1. The van der Waals surface area contributed by atoms with Crippen molar-refractivity contribution in [2.75, 3.05) is 6.73 Å². The van der Waals surface area contributed by atoms with Gasteiger partial charge in [0.05, 0.1) is 5.16 Å². The molecule has 4 nitrogen and oxygen atoms in total. The minimum absolute atomic E-state index is 0.118. The van der Waals surface area contributed by atoms with E-state index in [4.69, 9.17) is 13.1 Å². The van der Waals surface area contributed by atoms with Gasteiger partial charge >= 0.3 is 6.73 Å². The molecule has 0 atom stereocenters. The number of hydrogen-bond donors (Lipinski definition) is 0. The number of hydrogen-bond acceptors (Lipinski definition) is 2. The average Bonchev–Trinajstić information content (AvgIpc) is 1.89. The zero-order valence-corrected chi connectivity index (χ0v) is 4.96. The third kappa shape index (κ3) is 4.30. The summed E-state index contributed by atoms with van der Waals surface area (Å²) >= 11 is 0. The molecule has 0 radical (unpaired) electrons. The van der Waals surface area contributed by atoms with Crippen LogP contribution in [0.3, 0.4) is 0 Å². The summed E-state index contributed by atoms with van der Waals surface area (Å²) in [6.07, 6.45) is 0. The molecule has 0 heterocycles. The third-order valence-corrected chi connectivity index (χ3v) is 0.481. The first kappa shape index (κ1) is 7.45. The van der Waals surface area contributed by atoms with Crippen molar-refractivity contribution in [2.24, 2.45) is 5.16 Å². The number of oxime groups is 1. The van der Waals surface area contributed by atoms with Crippen LogP contribution < -0.4 is 0 Å². The van der Waals surface area contributed by atoms with Gasteiger partial charge in [-0.05, 0) is 6.92 Å². The Labute approximate surface area is 53.4 Å². The van der Waals surface area contributed by atoms with Crippen LogP contribution >= 0.6 is 0 Å². The van der Waals surface area contributed by atoms with E-state index >= 15 is 0 Å². The van der Waals surface area contributed by atoms with Crippen molar-refractivity contribution in [3.05, 3.63) is 22.8 Å². The predicted molar refractivity (Wildman–Crippen MR) is 32.3 cm³/mol. The Kier molecular flexibility index (Phi) is 3.81. The van der Waals surface area contributed by atoms with Gasteiger partial charge in [0.25, 0.3) is 5.84 Å². The lowest BCUT2D eigenvalue weighted by Gasteiger charge is -1.79. The lowest BCUT2D eigenvalue weighted by atomic mass is 10.7. The smallest absolute Gasteiger partial charge is 0.361 e. The number of rotatable bonds is 2. The van der Waals surface area contributed by atoms with E-state index in [0.717, 1.165) is 0 Å². The molecule has 0 amide bonds. The van der Waals surface area contributed by atoms with Crippen LogP contribution in [-0.2, 0) is 4.84 Å². The van der Waals surface area contributed by atoms with Gasteiger partial charge in [-0.1, -0.05) is 6.57 Å². The zero-order valence-electron chi connectivity index (χ0n) is 4.96. The molecule has 0 aromatic rings. The first-order valence-corrected chi connectivity index (χ1v) is 2.18. The quantitative estimate of drug-likeness (QED) is 0.178. The van der Waals surface area contributed by atoms with Gasteiger partial charge in [0.2, 0.25) is 0 Å². The lowest BCUT2D eigenvalue weighted by molar-refractivity contribution is 0.173. The molecule has 0 aliphatic carbocycles.